The standard InChI is InChI=1S/C21H20N2O/c1-14-6-5-8-17(10-14)23-20-11-16(12-21(24)19(20)13-22-23)18-9-4-3-7-15(18)2/h3-10,13,16H,11-12H2,1-2H3/t16-/m1/s1. The second kappa shape index (κ2) is 5.75. The molecule has 2 aromatic carbocycles. The maximum absolute atomic E-state index is 12.6. The lowest BCUT2D eigenvalue weighted by Crippen LogP contribution is -2.20. The van der Waals surface area contributed by atoms with Crippen LogP contribution in [0.25, 0.3) is 5.69 Å². The van der Waals surface area contributed by atoms with Crippen LogP contribution in [0.4, 0.5) is 0 Å². The number of carbonyl (C=O) groups excluding carboxylic acids is 1. The van der Waals surface area contributed by atoms with E-state index in [-0.39, 0.29) is 11.7 Å². The van der Waals surface area contributed by atoms with Crippen molar-refractivity contribution in [3.05, 3.63) is 82.7 Å². The highest BCUT2D eigenvalue weighted by Crippen LogP contribution is 2.35. The van der Waals surface area contributed by atoms with Crippen molar-refractivity contribution >= 4 is 5.78 Å². The molecule has 0 aliphatic heterocycles. The molecule has 1 aliphatic carbocycles. The van der Waals surface area contributed by atoms with Gasteiger partial charge in [-0.25, -0.2) is 4.68 Å². The normalized spacial score (nSPS) is 16.9. The molecule has 0 saturated carbocycles. The zero-order valence-corrected chi connectivity index (χ0v) is 14.0. The quantitative estimate of drug-likeness (QED) is 0.702. The highest BCUT2D eigenvalue weighted by molar-refractivity contribution is 5.98. The lowest BCUT2D eigenvalue weighted by Gasteiger charge is -2.24. The van der Waals surface area contributed by atoms with Crippen molar-refractivity contribution in [3.8, 4) is 5.69 Å². The predicted octanol–water partition coefficient (Wildman–Crippen LogP) is 4.40. The number of benzene rings is 2. The number of fused-ring (bicyclic) bond motifs is 1. The van der Waals surface area contributed by atoms with Crippen LogP contribution >= 0.6 is 0 Å². The van der Waals surface area contributed by atoms with Crippen LogP contribution in [0.1, 0.15) is 45.1 Å². The zero-order valence-electron chi connectivity index (χ0n) is 14.0. The Balaban J connectivity index is 1.78. The number of hydrogen-bond donors (Lipinski definition) is 0. The summed E-state index contributed by atoms with van der Waals surface area (Å²) < 4.78 is 1.94. The first-order valence-electron chi connectivity index (χ1n) is 8.36. The first-order valence-corrected chi connectivity index (χ1v) is 8.36. The maximum atomic E-state index is 12.6. The molecule has 1 aliphatic rings. The van der Waals surface area contributed by atoms with Crippen molar-refractivity contribution in [2.75, 3.05) is 0 Å². The van der Waals surface area contributed by atoms with Crippen molar-refractivity contribution in [2.45, 2.75) is 32.6 Å². The maximum Gasteiger partial charge on any atom is 0.166 e. The average Bonchev–Trinajstić information content (AvgIpc) is 3.00. The minimum Gasteiger partial charge on any atom is -0.294 e. The van der Waals surface area contributed by atoms with Gasteiger partial charge < -0.3 is 0 Å². The van der Waals surface area contributed by atoms with Crippen molar-refractivity contribution in [3.63, 3.8) is 0 Å². The van der Waals surface area contributed by atoms with Crippen molar-refractivity contribution in [2.24, 2.45) is 0 Å². The van der Waals surface area contributed by atoms with Crippen molar-refractivity contribution < 1.29 is 4.79 Å². The molecule has 1 atom stereocenters. The van der Waals surface area contributed by atoms with Crippen LogP contribution in [0.3, 0.4) is 0 Å². The molecule has 0 N–H and O–H groups in total. The first-order chi connectivity index (χ1) is 11.6. The number of ketones is 1. The van der Waals surface area contributed by atoms with E-state index in [9.17, 15) is 4.79 Å². The molecule has 24 heavy (non-hydrogen) atoms. The summed E-state index contributed by atoms with van der Waals surface area (Å²) in [5.41, 5.74) is 6.55. The van der Waals surface area contributed by atoms with Gasteiger partial charge in [-0.3, -0.25) is 4.79 Å². The summed E-state index contributed by atoms with van der Waals surface area (Å²) in [6, 6.07) is 16.6. The van der Waals surface area contributed by atoms with Crippen molar-refractivity contribution in [1.82, 2.24) is 9.78 Å². The van der Waals surface area contributed by atoms with E-state index in [1.165, 1.54) is 16.7 Å². The zero-order chi connectivity index (χ0) is 16.7. The summed E-state index contributed by atoms with van der Waals surface area (Å²) in [5.74, 6) is 0.426. The number of aromatic nitrogens is 2. The van der Waals surface area contributed by atoms with Crippen LogP contribution in [-0.2, 0) is 6.42 Å². The predicted molar refractivity (Wildman–Crippen MR) is 94.9 cm³/mol. The summed E-state index contributed by atoms with van der Waals surface area (Å²) >= 11 is 0. The number of aryl methyl sites for hydroxylation is 2. The van der Waals surface area contributed by atoms with Gasteiger partial charge in [-0.05, 0) is 55.0 Å². The van der Waals surface area contributed by atoms with E-state index in [1.54, 1.807) is 6.20 Å². The summed E-state index contributed by atoms with van der Waals surface area (Å²) in [5, 5.41) is 4.51. The molecular weight excluding hydrogens is 296 g/mol. The van der Waals surface area contributed by atoms with Gasteiger partial charge in [-0.15, -0.1) is 0 Å². The monoisotopic (exact) mass is 316 g/mol. The van der Waals surface area contributed by atoms with Gasteiger partial charge in [-0.2, -0.15) is 5.10 Å². The van der Waals surface area contributed by atoms with Gasteiger partial charge in [0.1, 0.15) is 0 Å². The lowest BCUT2D eigenvalue weighted by atomic mass is 9.81. The lowest BCUT2D eigenvalue weighted by molar-refractivity contribution is 0.0963. The van der Waals surface area contributed by atoms with Gasteiger partial charge in [0.25, 0.3) is 0 Å². The molecule has 0 radical (unpaired) electrons. The molecule has 4 rings (SSSR count). The third-order valence-electron chi connectivity index (χ3n) is 4.92. The molecule has 3 nitrogen and oxygen atoms in total. The molecular formula is C21H20N2O. The van der Waals surface area contributed by atoms with Gasteiger partial charge in [0.05, 0.1) is 23.1 Å². The molecule has 0 bridgehead atoms. The van der Waals surface area contributed by atoms with E-state index in [1.807, 2.05) is 22.9 Å². The summed E-state index contributed by atoms with van der Waals surface area (Å²) in [6.07, 6.45) is 3.14. The third kappa shape index (κ3) is 2.46. The van der Waals surface area contributed by atoms with Crippen LogP contribution in [0.2, 0.25) is 0 Å². The largest absolute Gasteiger partial charge is 0.294 e. The highest BCUT2D eigenvalue weighted by Gasteiger charge is 2.30. The molecule has 0 spiro atoms. The van der Waals surface area contributed by atoms with Crippen LogP contribution in [0.15, 0.2) is 54.7 Å². The second-order valence-electron chi connectivity index (χ2n) is 6.64. The van der Waals surface area contributed by atoms with E-state index in [0.717, 1.165) is 23.4 Å². The molecule has 3 aromatic rings. The Bertz CT molecular complexity index is 923. The van der Waals surface area contributed by atoms with Crippen LogP contribution in [0, 0.1) is 13.8 Å². The van der Waals surface area contributed by atoms with Gasteiger partial charge in [0.15, 0.2) is 5.78 Å². The molecule has 3 heteroatoms. The van der Waals surface area contributed by atoms with E-state index in [2.05, 4.69) is 49.3 Å². The number of carbonyl (C=O) groups is 1. The minimum absolute atomic E-state index is 0.198. The van der Waals surface area contributed by atoms with E-state index in [4.69, 9.17) is 0 Å². The molecule has 0 saturated heterocycles. The first kappa shape index (κ1) is 14.9. The topological polar surface area (TPSA) is 34.9 Å². The minimum atomic E-state index is 0.198. The van der Waals surface area contributed by atoms with E-state index >= 15 is 0 Å². The number of hydrogen-bond acceptors (Lipinski definition) is 2. The third-order valence-corrected chi connectivity index (χ3v) is 4.92. The fourth-order valence-electron chi connectivity index (χ4n) is 3.69. The Morgan fingerprint density at radius 1 is 1.04 bits per heavy atom. The Kier molecular flexibility index (Phi) is 3.57. The fraction of sp³-hybridized carbons (Fsp3) is 0.238. The van der Waals surface area contributed by atoms with Crippen molar-refractivity contribution in [1.29, 1.82) is 0 Å². The smallest absolute Gasteiger partial charge is 0.166 e. The molecule has 1 aromatic heterocycles. The number of rotatable bonds is 2. The van der Waals surface area contributed by atoms with Crippen LogP contribution in [0.5, 0.6) is 0 Å². The molecule has 0 fully saturated rings. The molecule has 0 unspecified atom stereocenters. The van der Waals surface area contributed by atoms with Gasteiger partial charge >= 0.3 is 0 Å². The fourth-order valence-corrected chi connectivity index (χ4v) is 3.69. The SMILES string of the molecule is Cc1cccc(-n2ncc3c2C[C@@H](c2ccccc2C)CC3=O)c1. The molecule has 120 valence electrons. The Hall–Kier alpha value is -2.68. The number of nitrogens with zero attached hydrogens (tertiary/aromatic N) is 2. The number of Topliss-reactive ketones (excluding diaryl/α,β-unsaturated/α-hetero) is 1. The summed E-state index contributed by atoms with van der Waals surface area (Å²) in [4.78, 5) is 12.6. The van der Waals surface area contributed by atoms with Crippen LogP contribution in [-0.4, -0.2) is 15.6 Å². The Labute approximate surface area is 141 Å². The average molecular weight is 316 g/mol. The van der Waals surface area contributed by atoms with E-state index in [0.29, 0.717) is 6.42 Å². The Morgan fingerprint density at radius 3 is 2.67 bits per heavy atom. The second-order valence-corrected chi connectivity index (χ2v) is 6.64. The Morgan fingerprint density at radius 2 is 1.88 bits per heavy atom. The highest BCUT2D eigenvalue weighted by atomic mass is 16.1. The summed E-state index contributed by atoms with van der Waals surface area (Å²) in [7, 11) is 0. The summed E-state index contributed by atoms with van der Waals surface area (Å²) in [6.45, 7) is 4.19. The van der Waals surface area contributed by atoms with Gasteiger partial charge in [-0.1, -0.05) is 36.4 Å². The molecule has 0 amide bonds. The van der Waals surface area contributed by atoms with Gasteiger partial charge in [0, 0.05) is 6.42 Å². The van der Waals surface area contributed by atoms with Gasteiger partial charge in [0.2, 0.25) is 0 Å². The molecule has 1 heterocycles. The van der Waals surface area contributed by atoms with Crippen LogP contribution < -0.4 is 0 Å². The van der Waals surface area contributed by atoms with E-state index < -0.39 is 0 Å².